The number of aliphatic hydroxyl groups is 1. The first kappa shape index (κ1) is 16.1. The fourth-order valence-electron chi connectivity index (χ4n) is 1.83. The molecule has 0 radical (unpaired) electrons. The van der Waals surface area contributed by atoms with E-state index < -0.39 is 5.82 Å². The summed E-state index contributed by atoms with van der Waals surface area (Å²) >= 11 is 5.91. The summed E-state index contributed by atoms with van der Waals surface area (Å²) < 4.78 is 26.0. The van der Waals surface area contributed by atoms with E-state index in [9.17, 15) is 9.50 Å². The van der Waals surface area contributed by atoms with E-state index in [1.54, 1.807) is 6.92 Å². The zero-order valence-corrected chi connectivity index (χ0v) is 12.6. The molecule has 2 aromatic rings. The largest absolute Gasteiger partial charge is 0.490 e. The molecule has 0 saturated carbocycles. The first-order valence-electron chi connectivity index (χ1n) is 6.48. The molecule has 0 unspecified atom stereocenters. The summed E-state index contributed by atoms with van der Waals surface area (Å²) in [6.07, 6.45) is 6.60. The van der Waals surface area contributed by atoms with Gasteiger partial charge >= 0.3 is 0 Å². The third kappa shape index (κ3) is 3.32. The van der Waals surface area contributed by atoms with E-state index in [-0.39, 0.29) is 29.7 Å². The lowest BCUT2D eigenvalue weighted by atomic mass is 10.3. The Bertz CT molecular complexity index is 710. The molecule has 1 N–H and O–H groups in total. The van der Waals surface area contributed by atoms with Gasteiger partial charge in [-0.1, -0.05) is 17.5 Å². The van der Waals surface area contributed by atoms with Crippen LogP contribution in [0.25, 0.3) is 5.69 Å². The van der Waals surface area contributed by atoms with Crippen LogP contribution in [0.5, 0.6) is 11.5 Å². The molecule has 2 rings (SSSR count). The molecule has 0 bridgehead atoms. The van der Waals surface area contributed by atoms with Crippen molar-refractivity contribution in [2.75, 3.05) is 13.2 Å². The second-order valence-electron chi connectivity index (χ2n) is 4.20. The maximum Gasteiger partial charge on any atom is 0.163 e. The molecule has 116 valence electrons. The van der Waals surface area contributed by atoms with Crippen molar-refractivity contribution in [3.63, 3.8) is 0 Å². The molecule has 5 nitrogen and oxygen atoms in total. The van der Waals surface area contributed by atoms with Crippen LogP contribution in [0.4, 0.5) is 4.39 Å². The Morgan fingerprint density at radius 1 is 1.41 bits per heavy atom. The Labute approximate surface area is 132 Å². The third-order valence-corrected chi connectivity index (χ3v) is 3.06. The minimum absolute atomic E-state index is 0.00991. The van der Waals surface area contributed by atoms with Gasteiger partial charge < -0.3 is 14.6 Å². The van der Waals surface area contributed by atoms with Crippen LogP contribution >= 0.6 is 11.6 Å². The molecule has 22 heavy (non-hydrogen) atoms. The standard InChI is InChI=1S/C15H14ClFN2O3/c1-3-5-22-14-7-13(11(17)6-10(14)16)19-8-15(21-4-2)12(9-20)18-19/h1,6-8,20H,4-5,9H2,2H3. The average Bonchev–Trinajstić information content (AvgIpc) is 2.89. The van der Waals surface area contributed by atoms with Gasteiger partial charge in [-0.05, 0) is 13.0 Å². The summed E-state index contributed by atoms with van der Waals surface area (Å²) in [4.78, 5) is 0. The van der Waals surface area contributed by atoms with Crippen molar-refractivity contribution in [2.24, 2.45) is 0 Å². The van der Waals surface area contributed by atoms with Gasteiger partial charge in [0.1, 0.15) is 23.7 Å². The predicted molar refractivity (Wildman–Crippen MR) is 80.0 cm³/mol. The van der Waals surface area contributed by atoms with E-state index in [1.165, 1.54) is 16.9 Å². The molecule has 0 aliphatic rings. The molecule has 1 aromatic heterocycles. The molecule has 0 aliphatic carbocycles. The van der Waals surface area contributed by atoms with Crippen molar-refractivity contribution >= 4 is 11.6 Å². The highest BCUT2D eigenvalue weighted by Crippen LogP contribution is 2.30. The summed E-state index contributed by atoms with van der Waals surface area (Å²) in [7, 11) is 0. The highest BCUT2D eigenvalue weighted by Gasteiger charge is 2.16. The second kappa shape index (κ2) is 7.16. The van der Waals surface area contributed by atoms with Crippen molar-refractivity contribution in [3.05, 3.63) is 34.9 Å². The normalized spacial score (nSPS) is 10.3. The minimum Gasteiger partial charge on any atom is -0.490 e. The highest BCUT2D eigenvalue weighted by molar-refractivity contribution is 6.32. The van der Waals surface area contributed by atoms with Crippen LogP contribution in [0.15, 0.2) is 18.3 Å². The number of aliphatic hydroxyl groups excluding tert-OH is 1. The van der Waals surface area contributed by atoms with Crippen LogP contribution in [-0.2, 0) is 6.61 Å². The van der Waals surface area contributed by atoms with Gasteiger partial charge in [0, 0.05) is 6.07 Å². The Morgan fingerprint density at radius 3 is 2.82 bits per heavy atom. The number of aromatic nitrogens is 2. The Morgan fingerprint density at radius 2 is 2.18 bits per heavy atom. The zero-order chi connectivity index (χ0) is 16.1. The zero-order valence-electron chi connectivity index (χ0n) is 11.8. The minimum atomic E-state index is -0.590. The SMILES string of the molecule is C#CCOc1cc(-n2cc(OCC)c(CO)n2)c(F)cc1Cl. The Kier molecular flexibility index (Phi) is 5.26. The molecule has 0 aliphatic heterocycles. The molecular weight excluding hydrogens is 311 g/mol. The molecule has 1 heterocycles. The summed E-state index contributed by atoms with van der Waals surface area (Å²) in [5.41, 5.74) is 0.416. The van der Waals surface area contributed by atoms with Crippen LogP contribution in [-0.4, -0.2) is 28.1 Å². The third-order valence-electron chi connectivity index (χ3n) is 2.76. The van der Waals surface area contributed by atoms with Gasteiger partial charge in [0.05, 0.1) is 24.4 Å². The number of ether oxygens (including phenoxy) is 2. The second-order valence-corrected chi connectivity index (χ2v) is 4.61. The van der Waals surface area contributed by atoms with Crippen LogP contribution in [0, 0.1) is 18.2 Å². The first-order chi connectivity index (χ1) is 10.6. The van der Waals surface area contributed by atoms with E-state index in [1.807, 2.05) is 0 Å². The summed E-state index contributed by atoms with van der Waals surface area (Å²) in [5, 5.41) is 13.5. The molecule has 0 saturated heterocycles. The van der Waals surface area contributed by atoms with Crippen LogP contribution < -0.4 is 9.47 Å². The van der Waals surface area contributed by atoms with Crippen molar-refractivity contribution in [2.45, 2.75) is 13.5 Å². The summed E-state index contributed by atoms with van der Waals surface area (Å²) in [5.74, 6) is 2.34. The van der Waals surface area contributed by atoms with E-state index in [0.29, 0.717) is 18.1 Å². The van der Waals surface area contributed by atoms with Gasteiger partial charge in [-0.3, -0.25) is 0 Å². The number of hydrogen-bond donors (Lipinski definition) is 1. The van der Waals surface area contributed by atoms with Crippen molar-refractivity contribution in [1.29, 1.82) is 0 Å². The molecule has 0 atom stereocenters. The van der Waals surface area contributed by atoms with Gasteiger partial charge in [0.25, 0.3) is 0 Å². The van der Waals surface area contributed by atoms with Gasteiger partial charge in [-0.25, -0.2) is 9.07 Å². The summed E-state index contributed by atoms with van der Waals surface area (Å²) in [6, 6.07) is 2.50. The lowest BCUT2D eigenvalue weighted by Crippen LogP contribution is -2.02. The number of nitrogens with zero attached hydrogens (tertiary/aromatic N) is 2. The van der Waals surface area contributed by atoms with Gasteiger partial charge in [0.2, 0.25) is 0 Å². The average molecular weight is 325 g/mol. The molecular formula is C15H14ClFN2O3. The van der Waals surface area contributed by atoms with Crippen molar-refractivity contribution in [1.82, 2.24) is 9.78 Å². The predicted octanol–water partition coefficient (Wildman–Crippen LogP) is 2.57. The number of hydrogen-bond acceptors (Lipinski definition) is 4. The van der Waals surface area contributed by atoms with E-state index in [2.05, 4.69) is 11.0 Å². The highest BCUT2D eigenvalue weighted by atomic mass is 35.5. The fourth-order valence-corrected chi connectivity index (χ4v) is 2.03. The number of terminal acetylenes is 1. The van der Waals surface area contributed by atoms with Crippen LogP contribution in [0.2, 0.25) is 5.02 Å². The quantitative estimate of drug-likeness (QED) is 0.830. The molecule has 0 spiro atoms. The van der Waals surface area contributed by atoms with Crippen molar-refractivity contribution < 1.29 is 19.0 Å². The van der Waals surface area contributed by atoms with Crippen LogP contribution in [0.3, 0.4) is 0 Å². The first-order valence-corrected chi connectivity index (χ1v) is 6.86. The summed E-state index contributed by atoms with van der Waals surface area (Å²) in [6.45, 7) is 1.89. The van der Waals surface area contributed by atoms with E-state index >= 15 is 0 Å². The van der Waals surface area contributed by atoms with Crippen molar-refractivity contribution in [3.8, 4) is 29.5 Å². The number of halogens is 2. The lowest BCUT2D eigenvalue weighted by Gasteiger charge is -2.09. The van der Waals surface area contributed by atoms with Gasteiger partial charge in [-0.15, -0.1) is 6.42 Å². The fraction of sp³-hybridized carbons (Fsp3) is 0.267. The molecule has 1 aromatic carbocycles. The monoisotopic (exact) mass is 324 g/mol. The number of rotatable bonds is 6. The molecule has 0 fully saturated rings. The maximum atomic E-state index is 14.1. The molecule has 0 amide bonds. The topological polar surface area (TPSA) is 56.5 Å². The maximum absolute atomic E-state index is 14.1. The number of benzene rings is 1. The van der Waals surface area contributed by atoms with Gasteiger partial charge in [0.15, 0.2) is 11.6 Å². The van der Waals surface area contributed by atoms with Crippen LogP contribution in [0.1, 0.15) is 12.6 Å². The Balaban J connectivity index is 2.45. The molecule has 7 heteroatoms. The Hall–Kier alpha value is -2.23. The smallest absolute Gasteiger partial charge is 0.163 e. The van der Waals surface area contributed by atoms with E-state index in [0.717, 1.165) is 6.07 Å². The van der Waals surface area contributed by atoms with Gasteiger partial charge in [-0.2, -0.15) is 5.10 Å². The lowest BCUT2D eigenvalue weighted by molar-refractivity contribution is 0.262. The van der Waals surface area contributed by atoms with E-state index in [4.69, 9.17) is 27.5 Å².